The molecule has 0 bridgehead atoms. The number of amides is 1. The van der Waals surface area contributed by atoms with Crippen molar-refractivity contribution in [1.82, 2.24) is 5.32 Å². The monoisotopic (exact) mass is 351 g/mol. The molecule has 1 N–H and O–H groups in total. The highest BCUT2D eigenvalue weighted by Gasteiger charge is 2.42. The van der Waals surface area contributed by atoms with E-state index in [1.807, 2.05) is 6.07 Å². The first kappa shape index (κ1) is 13.4. The Labute approximate surface area is 132 Å². The van der Waals surface area contributed by atoms with Crippen molar-refractivity contribution in [3.05, 3.63) is 22.2 Å². The summed E-state index contributed by atoms with van der Waals surface area (Å²) in [5.74, 6) is 2.73. The van der Waals surface area contributed by atoms with E-state index in [2.05, 4.69) is 21.2 Å². The van der Waals surface area contributed by atoms with Crippen molar-refractivity contribution < 1.29 is 14.3 Å². The summed E-state index contributed by atoms with van der Waals surface area (Å²) in [6.07, 6.45) is 5.02. The molecule has 1 aromatic rings. The third kappa shape index (κ3) is 2.76. The Kier molecular flexibility index (Phi) is 3.32. The molecule has 2 fully saturated rings. The minimum atomic E-state index is -0.00327. The van der Waals surface area contributed by atoms with Crippen molar-refractivity contribution in [2.45, 2.75) is 31.7 Å². The maximum absolute atomic E-state index is 12.5. The predicted octanol–water partition coefficient (Wildman–Crippen LogP) is 3.14. The first-order valence-electron chi connectivity index (χ1n) is 7.62. The van der Waals surface area contributed by atoms with Gasteiger partial charge in [-0.25, -0.2) is 0 Å². The van der Waals surface area contributed by atoms with Crippen molar-refractivity contribution in [3.8, 4) is 11.5 Å². The summed E-state index contributed by atoms with van der Waals surface area (Å²) >= 11 is 3.46. The van der Waals surface area contributed by atoms with Crippen LogP contribution in [0.5, 0.6) is 11.5 Å². The molecule has 0 saturated heterocycles. The van der Waals surface area contributed by atoms with Crippen LogP contribution in [-0.4, -0.2) is 25.2 Å². The van der Waals surface area contributed by atoms with E-state index in [9.17, 15) is 4.79 Å². The van der Waals surface area contributed by atoms with Gasteiger partial charge < -0.3 is 14.8 Å². The molecule has 1 aliphatic heterocycles. The number of halogens is 1. The van der Waals surface area contributed by atoms with Gasteiger partial charge in [0, 0.05) is 11.6 Å². The molecule has 0 unspecified atom stereocenters. The molecule has 0 spiro atoms. The lowest BCUT2D eigenvalue weighted by Crippen LogP contribution is -2.38. The number of carbonyl (C=O) groups is 1. The van der Waals surface area contributed by atoms with Gasteiger partial charge in [0.15, 0.2) is 11.5 Å². The quantitative estimate of drug-likeness (QED) is 0.906. The highest BCUT2D eigenvalue weighted by atomic mass is 79.9. The lowest BCUT2D eigenvalue weighted by Gasteiger charge is -2.21. The zero-order valence-electron chi connectivity index (χ0n) is 11.7. The van der Waals surface area contributed by atoms with Crippen molar-refractivity contribution in [2.24, 2.45) is 11.8 Å². The average molecular weight is 352 g/mol. The molecule has 2 saturated carbocycles. The minimum Gasteiger partial charge on any atom is -0.486 e. The predicted molar refractivity (Wildman–Crippen MR) is 81.8 cm³/mol. The van der Waals surface area contributed by atoms with Gasteiger partial charge in [0.1, 0.15) is 13.2 Å². The van der Waals surface area contributed by atoms with Crippen LogP contribution in [0.15, 0.2) is 16.6 Å². The summed E-state index contributed by atoms with van der Waals surface area (Å²) < 4.78 is 11.9. The topological polar surface area (TPSA) is 47.6 Å². The molecule has 21 heavy (non-hydrogen) atoms. The zero-order valence-corrected chi connectivity index (χ0v) is 13.3. The highest BCUT2D eigenvalue weighted by Crippen LogP contribution is 2.45. The molecule has 1 aromatic carbocycles. The molecule has 0 aromatic heterocycles. The first-order chi connectivity index (χ1) is 10.2. The van der Waals surface area contributed by atoms with E-state index in [1.54, 1.807) is 6.07 Å². The van der Waals surface area contributed by atoms with Crippen LogP contribution in [0.25, 0.3) is 0 Å². The fourth-order valence-corrected chi connectivity index (χ4v) is 3.56. The van der Waals surface area contributed by atoms with Crippen molar-refractivity contribution in [2.75, 3.05) is 13.2 Å². The number of fused-ring (bicyclic) bond motifs is 1. The van der Waals surface area contributed by atoms with E-state index >= 15 is 0 Å². The summed E-state index contributed by atoms with van der Waals surface area (Å²) in [6.45, 7) is 1.07. The van der Waals surface area contributed by atoms with Crippen molar-refractivity contribution in [1.29, 1.82) is 0 Å². The van der Waals surface area contributed by atoms with Crippen LogP contribution < -0.4 is 14.8 Å². The summed E-state index contributed by atoms with van der Waals surface area (Å²) in [6, 6.07) is 3.97. The van der Waals surface area contributed by atoms with Gasteiger partial charge in [0.25, 0.3) is 5.91 Å². The molecule has 112 valence electrons. The second-order valence-corrected chi connectivity index (χ2v) is 7.01. The summed E-state index contributed by atoms with van der Waals surface area (Å²) in [5, 5.41) is 3.24. The van der Waals surface area contributed by atoms with Gasteiger partial charge in [-0.15, -0.1) is 0 Å². The molecular weight excluding hydrogens is 334 g/mol. The van der Waals surface area contributed by atoms with E-state index in [0.717, 1.165) is 4.47 Å². The Balaban J connectivity index is 1.54. The van der Waals surface area contributed by atoms with Gasteiger partial charge in [-0.05, 0) is 65.6 Å². The van der Waals surface area contributed by atoms with Crippen LogP contribution >= 0.6 is 15.9 Å². The maximum atomic E-state index is 12.5. The zero-order chi connectivity index (χ0) is 14.4. The van der Waals surface area contributed by atoms with Crippen LogP contribution in [0.4, 0.5) is 0 Å². The molecule has 4 rings (SSSR count). The van der Waals surface area contributed by atoms with E-state index in [4.69, 9.17) is 9.47 Å². The van der Waals surface area contributed by atoms with E-state index in [0.29, 0.717) is 48.2 Å². The number of benzene rings is 1. The lowest BCUT2D eigenvalue weighted by atomic mass is 10.1. The molecular formula is C16H18BrNO3. The Hall–Kier alpha value is -1.23. The van der Waals surface area contributed by atoms with Gasteiger partial charge in [0.2, 0.25) is 0 Å². The van der Waals surface area contributed by atoms with Gasteiger partial charge in [-0.2, -0.15) is 0 Å². The summed E-state index contributed by atoms with van der Waals surface area (Å²) in [7, 11) is 0. The standard InChI is InChI=1S/C16H18BrNO3/c17-12-7-11(8-13-15(12)21-6-5-20-13)16(19)18-14(9-1-2-9)10-3-4-10/h7-10,14H,1-6H2,(H,18,19). The Morgan fingerprint density at radius 3 is 2.48 bits per heavy atom. The fourth-order valence-electron chi connectivity index (χ4n) is 3.01. The second-order valence-electron chi connectivity index (χ2n) is 6.16. The molecule has 2 aliphatic carbocycles. The SMILES string of the molecule is O=C(NC(C1CC1)C1CC1)c1cc(Br)c2c(c1)OCCO2. The van der Waals surface area contributed by atoms with Crippen LogP contribution in [0.2, 0.25) is 0 Å². The van der Waals surface area contributed by atoms with E-state index in [-0.39, 0.29) is 5.91 Å². The largest absolute Gasteiger partial charge is 0.486 e. The molecule has 1 heterocycles. The number of carbonyl (C=O) groups excluding carboxylic acids is 1. The van der Waals surface area contributed by atoms with E-state index in [1.165, 1.54) is 25.7 Å². The number of hydrogen-bond acceptors (Lipinski definition) is 3. The van der Waals surface area contributed by atoms with Gasteiger partial charge in [-0.1, -0.05) is 0 Å². The number of ether oxygens (including phenoxy) is 2. The van der Waals surface area contributed by atoms with Crippen molar-refractivity contribution >= 4 is 21.8 Å². The summed E-state index contributed by atoms with van der Waals surface area (Å²) in [4.78, 5) is 12.5. The maximum Gasteiger partial charge on any atom is 0.251 e. The Morgan fingerprint density at radius 1 is 1.14 bits per heavy atom. The van der Waals surface area contributed by atoms with E-state index < -0.39 is 0 Å². The third-order valence-corrected chi connectivity index (χ3v) is 5.01. The molecule has 4 nitrogen and oxygen atoms in total. The van der Waals surface area contributed by atoms with Gasteiger partial charge in [0.05, 0.1) is 4.47 Å². The smallest absolute Gasteiger partial charge is 0.251 e. The minimum absolute atomic E-state index is 0.00327. The molecule has 0 radical (unpaired) electrons. The molecule has 0 atom stereocenters. The number of nitrogens with one attached hydrogen (secondary N) is 1. The Morgan fingerprint density at radius 2 is 1.81 bits per heavy atom. The summed E-state index contributed by atoms with van der Waals surface area (Å²) in [5.41, 5.74) is 0.637. The number of rotatable bonds is 4. The third-order valence-electron chi connectivity index (χ3n) is 4.42. The molecule has 1 amide bonds. The van der Waals surface area contributed by atoms with Gasteiger partial charge >= 0.3 is 0 Å². The van der Waals surface area contributed by atoms with Crippen molar-refractivity contribution in [3.63, 3.8) is 0 Å². The highest BCUT2D eigenvalue weighted by molar-refractivity contribution is 9.10. The van der Waals surface area contributed by atoms with Crippen LogP contribution in [0, 0.1) is 11.8 Å². The molecule has 3 aliphatic rings. The Bertz CT molecular complexity index is 569. The fraction of sp³-hybridized carbons (Fsp3) is 0.562. The second kappa shape index (κ2) is 5.20. The van der Waals surface area contributed by atoms with Crippen LogP contribution in [0.3, 0.4) is 0 Å². The average Bonchev–Trinajstić information content (AvgIpc) is 3.38. The lowest BCUT2D eigenvalue weighted by molar-refractivity contribution is 0.0925. The van der Waals surface area contributed by atoms with Crippen LogP contribution in [0.1, 0.15) is 36.0 Å². The molecule has 5 heteroatoms. The number of hydrogen-bond donors (Lipinski definition) is 1. The first-order valence-corrected chi connectivity index (χ1v) is 8.41. The van der Waals surface area contributed by atoms with Gasteiger partial charge in [-0.3, -0.25) is 4.79 Å². The van der Waals surface area contributed by atoms with Crippen LogP contribution in [-0.2, 0) is 0 Å². The normalized spacial score (nSPS) is 20.5.